The fraction of sp³-hybridized carbons (Fsp3) is 0.444. The Morgan fingerprint density at radius 3 is 2.80 bits per heavy atom. The first-order valence-electron chi connectivity index (χ1n) is 8.63. The summed E-state index contributed by atoms with van der Waals surface area (Å²) in [5.74, 6) is 1.73. The van der Waals surface area contributed by atoms with Gasteiger partial charge in [-0.25, -0.2) is 9.78 Å². The minimum absolute atomic E-state index is 0.226. The third-order valence-electron chi connectivity index (χ3n) is 4.31. The second-order valence-corrected chi connectivity index (χ2v) is 6.28. The molecule has 2 aromatic rings. The molecule has 0 aliphatic carbocycles. The second kappa shape index (κ2) is 8.53. The second-order valence-electron chi connectivity index (χ2n) is 6.28. The van der Waals surface area contributed by atoms with Gasteiger partial charge in [0.1, 0.15) is 11.6 Å². The van der Waals surface area contributed by atoms with E-state index in [0.29, 0.717) is 13.1 Å². The number of likely N-dealkylation sites (N-methyl/N-ethyl adjacent to an activating group) is 1. The molecule has 0 bridgehead atoms. The molecule has 1 fully saturated rings. The summed E-state index contributed by atoms with van der Waals surface area (Å²) in [7, 11) is 2.16. The largest absolute Gasteiger partial charge is 0.467 e. The van der Waals surface area contributed by atoms with Crippen LogP contribution in [0.5, 0.6) is 0 Å². The maximum absolute atomic E-state index is 11.8. The van der Waals surface area contributed by atoms with E-state index in [2.05, 4.69) is 32.5 Å². The molecule has 3 rings (SSSR count). The zero-order chi connectivity index (χ0) is 17.5. The van der Waals surface area contributed by atoms with E-state index < -0.39 is 0 Å². The third kappa shape index (κ3) is 5.22. The Bertz CT molecular complexity index is 657. The Morgan fingerprint density at radius 2 is 2.04 bits per heavy atom. The molecule has 1 aliphatic rings. The quantitative estimate of drug-likeness (QED) is 0.866. The summed E-state index contributed by atoms with van der Waals surface area (Å²) in [5.41, 5.74) is 0.976. The molecule has 2 aromatic heterocycles. The third-order valence-corrected chi connectivity index (χ3v) is 4.31. The van der Waals surface area contributed by atoms with Crippen molar-refractivity contribution in [2.45, 2.75) is 19.5 Å². The molecule has 0 aromatic carbocycles. The Hall–Kier alpha value is -2.54. The van der Waals surface area contributed by atoms with Gasteiger partial charge in [-0.2, -0.15) is 0 Å². The van der Waals surface area contributed by atoms with Crippen molar-refractivity contribution in [3.8, 4) is 0 Å². The van der Waals surface area contributed by atoms with E-state index in [9.17, 15) is 4.79 Å². The predicted octanol–water partition coefficient (Wildman–Crippen LogP) is 1.82. The predicted molar refractivity (Wildman–Crippen MR) is 96.3 cm³/mol. The number of nitrogens with one attached hydrogen (secondary N) is 2. The van der Waals surface area contributed by atoms with Crippen LogP contribution in [-0.2, 0) is 13.1 Å². The van der Waals surface area contributed by atoms with Gasteiger partial charge in [-0.15, -0.1) is 0 Å². The van der Waals surface area contributed by atoms with E-state index >= 15 is 0 Å². The van der Waals surface area contributed by atoms with E-state index in [4.69, 9.17) is 4.42 Å². The van der Waals surface area contributed by atoms with E-state index in [-0.39, 0.29) is 6.03 Å². The van der Waals surface area contributed by atoms with Gasteiger partial charge >= 0.3 is 6.03 Å². The fourth-order valence-corrected chi connectivity index (χ4v) is 2.81. The van der Waals surface area contributed by atoms with Gasteiger partial charge in [-0.05, 0) is 43.8 Å². The molecule has 0 saturated carbocycles. The normalized spacial score (nSPS) is 15.6. The maximum atomic E-state index is 11.8. The van der Waals surface area contributed by atoms with E-state index in [1.165, 1.54) is 0 Å². The van der Waals surface area contributed by atoms with Gasteiger partial charge in [0.25, 0.3) is 0 Å². The van der Waals surface area contributed by atoms with Crippen LogP contribution in [-0.4, -0.2) is 49.1 Å². The number of anilines is 1. The lowest BCUT2D eigenvalue weighted by atomic mass is 10.2. The number of carbonyl (C=O) groups is 1. The van der Waals surface area contributed by atoms with Crippen LogP contribution in [0.1, 0.15) is 17.7 Å². The lowest BCUT2D eigenvalue weighted by Crippen LogP contribution is -2.34. The molecule has 1 aliphatic heterocycles. The molecule has 7 heteroatoms. The summed E-state index contributed by atoms with van der Waals surface area (Å²) >= 11 is 0. The first-order valence-corrected chi connectivity index (χ1v) is 8.63. The molecular formula is C18H25N5O2. The zero-order valence-corrected chi connectivity index (χ0v) is 14.6. The van der Waals surface area contributed by atoms with Crippen LogP contribution in [0.15, 0.2) is 41.1 Å². The minimum atomic E-state index is -0.226. The van der Waals surface area contributed by atoms with Crippen molar-refractivity contribution >= 4 is 11.8 Å². The lowest BCUT2D eigenvalue weighted by Gasteiger charge is -2.21. The fourth-order valence-electron chi connectivity index (χ4n) is 2.81. The number of hydrogen-bond donors (Lipinski definition) is 2. The monoisotopic (exact) mass is 343 g/mol. The molecule has 0 radical (unpaired) electrons. The van der Waals surface area contributed by atoms with Crippen LogP contribution in [0.2, 0.25) is 0 Å². The van der Waals surface area contributed by atoms with Crippen LogP contribution in [0, 0.1) is 0 Å². The molecule has 7 nitrogen and oxygen atoms in total. The van der Waals surface area contributed by atoms with Crippen molar-refractivity contribution in [3.05, 3.63) is 48.0 Å². The molecule has 0 atom stereocenters. The molecule has 25 heavy (non-hydrogen) atoms. The topological polar surface area (TPSA) is 73.6 Å². The summed E-state index contributed by atoms with van der Waals surface area (Å²) < 4.78 is 5.17. The van der Waals surface area contributed by atoms with E-state index in [1.807, 2.05) is 24.4 Å². The SMILES string of the molecule is CN1CCCN(c2ccc(CNC(=O)NCc3ccco3)cn2)CC1. The van der Waals surface area contributed by atoms with Gasteiger partial charge in [0.15, 0.2) is 0 Å². The molecule has 2 amide bonds. The molecular weight excluding hydrogens is 318 g/mol. The van der Waals surface area contributed by atoms with E-state index in [0.717, 1.165) is 49.7 Å². The molecule has 1 saturated heterocycles. The average Bonchev–Trinajstić information content (AvgIpc) is 3.06. The number of amides is 2. The number of furan rings is 1. The van der Waals surface area contributed by atoms with Gasteiger partial charge in [0.05, 0.1) is 12.8 Å². The highest BCUT2D eigenvalue weighted by Gasteiger charge is 2.13. The number of hydrogen-bond acceptors (Lipinski definition) is 5. The zero-order valence-electron chi connectivity index (χ0n) is 14.6. The molecule has 0 spiro atoms. The average molecular weight is 343 g/mol. The van der Waals surface area contributed by atoms with Crippen molar-refractivity contribution < 1.29 is 9.21 Å². The maximum Gasteiger partial charge on any atom is 0.315 e. The Kier molecular flexibility index (Phi) is 5.90. The summed E-state index contributed by atoms with van der Waals surface area (Å²) in [6.07, 6.45) is 4.57. The molecule has 134 valence electrons. The summed E-state index contributed by atoms with van der Waals surface area (Å²) in [5, 5.41) is 5.58. The standard InChI is InChI=1S/C18H25N5O2/c1-22-7-3-8-23(10-9-22)17-6-5-15(12-19-17)13-20-18(24)21-14-16-4-2-11-25-16/h2,4-6,11-12H,3,7-10,13-14H2,1H3,(H2,20,21,24). The smallest absolute Gasteiger partial charge is 0.315 e. The highest BCUT2D eigenvalue weighted by atomic mass is 16.3. The molecule has 0 unspecified atom stereocenters. The van der Waals surface area contributed by atoms with Crippen molar-refractivity contribution in [2.24, 2.45) is 0 Å². The highest BCUT2D eigenvalue weighted by Crippen LogP contribution is 2.14. The van der Waals surface area contributed by atoms with Gasteiger partial charge in [-0.3, -0.25) is 0 Å². The lowest BCUT2D eigenvalue weighted by molar-refractivity contribution is 0.239. The number of nitrogens with zero attached hydrogens (tertiary/aromatic N) is 3. The summed E-state index contributed by atoms with van der Waals surface area (Å²) in [4.78, 5) is 21.0. The molecule has 3 heterocycles. The summed E-state index contributed by atoms with van der Waals surface area (Å²) in [6.45, 7) is 5.03. The number of carbonyl (C=O) groups excluding carboxylic acids is 1. The number of aromatic nitrogens is 1. The van der Waals surface area contributed by atoms with Crippen molar-refractivity contribution in [3.63, 3.8) is 0 Å². The number of rotatable bonds is 5. The molecule has 2 N–H and O–H groups in total. The number of urea groups is 1. The summed E-state index contributed by atoms with van der Waals surface area (Å²) in [6, 6.07) is 7.44. The van der Waals surface area contributed by atoms with Crippen molar-refractivity contribution in [2.75, 3.05) is 38.1 Å². The number of pyridine rings is 1. The van der Waals surface area contributed by atoms with Crippen LogP contribution in [0.3, 0.4) is 0 Å². The Morgan fingerprint density at radius 1 is 1.16 bits per heavy atom. The highest BCUT2D eigenvalue weighted by molar-refractivity contribution is 5.73. The first kappa shape index (κ1) is 17.3. The van der Waals surface area contributed by atoms with Crippen LogP contribution in [0.4, 0.5) is 10.6 Å². The van der Waals surface area contributed by atoms with Crippen LogP contribution < -0.4 is 15.5 Å². The first-order chi connectivity index (χ1) is 12.2. The Balaban J connectivity index is 1.45. The van der Waals surface area contributed by atoms with Crippen LogP contribution >= 0.6 is 0 Å². The van der Waals surface area contributed by atoms with Gasteiger partial charge in [-0.1, -0.05) is 6.07 Å². The van der Waals surface area contributed by atoms with Crippen molar-refractivity contribution in [1.29, 1.82) is 0 Å². The van der Waals surface area contributed by atoms with Gasteiger partial charge in [0.2, 0.25) is 0 Å². The van der Waals surface area contributed by atoms with Gasteiger partial charge < -0.3 is 24.9 Å². The van der Waals surface area contributed by atoms with Crippen LogP contribution in [0.25, 0.3) is 0 Å². The van der Waals surface area contributed by atoms with Gasteiger partial charge in [0, 0.05) is 32.4 Å². The Labute approximate surface area is 148 Å². The minimum Gasteiger partial charge on any atom is -0.467 e. The van der Waals surface area contributed by atoms with E-state index in [1.54, 1.807) is 12.3 Å². The van der Waals surface area contributed by atoms with Crippen molar-refractivity contribution in [1.82, 2.24) is 20.5 Å².